The van der Waals surface area contributed by atoms with Gasteiger partial charge in [-0.15, -0.1) is 0 Å². The van der Waals surface area contributed by atoms with Crippen LogP contribution in [0.2, 0.25) is 0 Å². The molecule has 0 radical (unpaired) electrons. The van der Waals surface area contributed by atoms with E-state index in [0.717, 1.165) is 24.2 Å². The molecule has 1 rings (SSSR count). The van der Waals surface area contributed by atoms with Crippen LogP contribution in [0.3, 0.4) is 0 Å². The monoisotopic (exact) mass is 182 g/mol. The molecule has 0 atom stereocenters. The molecule has 0 aliphatic carbocycles. The molecule has 1 aromatic heterocycles. The standard InChI is InChI=1S/C10H14O3/c1-3-4-9-5-6-12-10(9)7-13-8(2)11/h5-6H,3-4,7H2,1-2H3. The summed E-state index contributed by atoms with van der Waals surface area (Å²) < 4.78 is 10.0. The fourth-order valence-corrected chi connectivity index (χ4v) is 1.15. The summed E-state index contributed by atoms with van der Waals surface area (Å²) in [6.45, 7) is 3.74. The van der Waals surface area contributed by atoms with Gasteiger partial charge >= 0.3 is 5.97 Å². The number of hydrogen-bond donors (Lipinski definition) is 0. The summed E-state index contributed by atoms with van der Waals surface area (Å²) in [5, 5.41) is 0. The summed E-state index contributed by atoms with van der Waals surface area (Å²) >= 11 is 0. The molecule has 3 nitrogen and oxygen atoms in total. The molecule has 72 valence electrons. The van der Waals surface area contributed by atoms with Gasteiger partial charge in [0.25, 0.3) is 0 Å². The van der Waals surface area contributed by atoms with Gasteiger partial charge in [0.1, 0.15) is 12.4 Å². The SMILES string of the molecule is CCCc1ccoc1COC(C)=O. The van der Waals surface area contributed by atoms with Gasteiger partial charge < -0.3 is 9.15 Å². The van der Waals surface area contributed by atoms with Gasteiger partial charge in [0, 0.05) is 6.92 Å². The first kappa shape index (κ1) is 9.84. The Morgan fingerprint density at radius 3 is 3.00 bits per heavy atom. The normalized spacial score (nSPS) is 10.0. The van der Waals surface area contributed by atoms with Gasteiger partial charge in [-0.1, -0.05) is 13.3 Å². The minimum Gasteiger partial charge on any atom is -0.465 e. The van der Waals surface area contributed by atoms with Crippen LogP contribution in [0.25, 0.3) is 0 Å². The lowest BCUT2D eigenvalue weighted by molar-refractivity contribution is -0.142. The summed E-state index contributed by atoms with van der Waals surface area (Å²) in [7, 11) is 0. The van der Waals surface area contributed by atoms with Gasteiger partial charge in [0.15, 0.2) is 0 Å². The molecule has 0 saturated carbocycles. The minimum atomic E-state index is -0.279. The number of furan rings is 1. The third kappa shape index (κ3) is 2.93. The molecular weight excluding hydrogens is 168 g/mol. The lowest BCUT2D eigenvalue weighted by Crippen LogP contribution is -1.99. The predicted octanol–water partition coefficient (Wildman–Crippen LogP) is 2.30. The van der Waals surface area contributed by atoms with Crippen molar-refractivity contribution >= 4 is 5.97 Å². The van der Waals surface area contributed by atoms with Crippen LogP contribution in [0.4, 0.5) is 0 Å². The molecule has 0 N–H and O–H groups in total. The molecule has 0 amide bonds. The lowest BCUT2D eigenvalue weighted by Gasteiger charge is -2.01. The Balaban J connectivity index is 2.54. The first-order valence-electron chi connectivity index (χ1n) is 4.42. The van der Waals surface area contributed by atoms with Crippen LogP contribution >= 0.6 is 0 Å². The molecule has 3 heteroatoms. The molecule has 1 heterocycles. The second-order valence-electron chi connectivity index (χ2n) is 2.90. The van der Waals surface area contributed by atoms with Crippen LogP contribution < -0.4 is 0 Å². The maximum Gasteiger partial charge on any atom is 0.303 e. The van der Waals surface area contributed by atoms with Gasteiger partial charge in [-0.3, -0.25) is 4.79 Å². The van der Waals surface area contributed by atoms with Crippen LogP contribution in [-0.4, -0.2) is 5.97 Å². The number of rotatable bonds is 4. The average molecular weight is 182 g/mol. The van der Waals surface area contributed by atoms with Crippen molar-refractivity contribution in [1.29, 1.82) is 0 Å². The van der Waals surface area contributed by atoms with Crippen LogP contribution in [-0.2, 0) is 22.6 Å². The summed E-state index contributed by atoms with van der Waals surface area (Å²) in [6.07, 6.45) is 3.66. The number of aryl methyl sites for hydroxylation is 1. The largest absolute Gasteiger partial charge is 0.465 e. The Labute approximate surface area is 77.7 Å². The van der Waals surface area contributed by atoms with E-state index < -0.39 is 0 Å². The number of carbonyl (C=O) groups excluding carboxylic acids is 1. The van der Waals surface area contributed by atoms with E-state index in [0.29, 0.717) is 0 Å². The Morgan fingerprint density at radius 2 is 2.38 bits per heavy atom. The van der Waals surface area contributed by atoms with E-state index in [2.05, 4.69) is 6.92 Å². The van der Waals surface area contributed by atoms with E-state index in [-0.39, 0.29) is 12.6 Å². The first-order valence-corrected chi connectivity index (χ1v) is 4.42. The molecule has 0 aliphatic rings. The molecule has 0 aliphatic heterocycles. The highest BCUT2D eigenvalue weighted by Gasteiger charge is 2.06. The van der Waals surface area contributed by atoms with Gasteiger partial charge in [-0.05, 0) is 18.1 Å². The Kier molecular flexibility index (Phi) is 3.55. The van der Waals surface area contributed by atoms with Crippen molar-refractivity contribution < 1.29 is 13.9 Å². The quantitative estimate of drug-likeness (QED) is 0.671. The van der Waals surface area contributed by atoms with E-state index in [1.165, 1.54) is 6.92 Å². The molecule has 0 aromatic carbocycles. The molecule has 0 spiro atoms. The highest BCUT2D eigenvalue weighted by atomic mass is 16.5. The third-order valence-electron chi connectivity index (χ3n) is 1.76. The smallest absolute Gasteiger partial charge is 0.303 e. The Morgan fingerprint density at radius 1 is 1.62 bits per heavy atom. The zero-order chi connectivity index (χ0) is 9.68. The summed E-state index contributed by atoms with van der Waals surface area (Å²) in [4.78, 5) is 10.5. The van der Waals surface area contributed by atoms with Crippen LogP contribution in [0.15, 0.2) is 16.7 Å². The number of carbonyl (C=O) groups is 1. The number of hydrogen-bond acceptors (Lipinski definition) is 3. The molecule has 0 saturated heterocycles. The zero-order valence-electron chi connectivity index (χ0n) is 8.00. The second-order valence-corrected chi connectivity index (χ2v) is 2.90. The molecule has 1 aromatic rings. The van der Waals surface area contributed by atoms with Gasteiger partial charge in [0.05, 0.1) is 6.26 Å². The fraction of sp³-hybridized carbons (Fsp3) is 0.500. The molecule has 13 heavy (non-hydrogen) atoms. The van der Waals surface area contributed by atoms with E-state index in [9.17, 15) is 4.79 Å². The van der Waals surface area contributed by atoms with E-state index in [1.54, 1.807) is 6.26 Å². The minimum absolute atomic E-state index is 0.248. The van der Waals surface area contributed by atoms with Crippen LogP contribution in [0, 0.1) is 0 Å². The van der Waals surface area contributed by atoms with Crippen LogP contribution in [0.1, 0.15) is 31.6 Å². The topological polar surface area (TPSA) is 39.4 Å². The highest BCUT2D eigenvalue weighted by molar-refractivity contribution is 5.65. The van der Waals surface area contributed by atoms with Gasteiger partial charge in [-0.2, -0.15) is 0 Å². The van der Waals surface area contributed by atoms with Crippen molar-refractivity contribution in [2.75, 3.05) is 0 Å². The summed E-state index contributed by atoms with van der Waals surface area (Å²) in [6, 6.07) is 1.92. The van der Waals surface area contributed by atoms with Crippen molar-refractivity contribution in [3.63, 3.8) is 0 Å². The van der Waals surface area contributed by atoms with Crippen molar-refractivity contribution in [3.8, 4) is 0 Å². The maximum absolute atomic E-state index is 10.5. The van der Waals surface area contributed by atoms with Crippen LogP contribution in [0.5, 0.6) is 0 Å². The average Bonchev–Trinajstić information content (AvgIpc) is 2.49. The summed E-state index contributed by atoms with van der Waals surface area (Å²) in [5.74, 6) is 0.482. The van der Waals surface area contributed by atoms with Crippen molar-refractivity contribution in [2.45, 2.75) is 33.3 Å². The zero-order valence-corrected chi connectivity index (χ0v) is 8.00. The molecule has 0 bridgehead atoms. The molecule has 0 fully saturated rings. The maximum atomic E-state index is 10.5. The van der Waals surface area contributed by atoms with E-state index >= 15 is 0 Å². The lowest BCUT2D eigenvalue weighted by atomic mass is 10.1. The van der Waals surface area contributed by atoms with Gasteiger partial charge in [0.2, 0.25) is 0 Å². The highest BCUT2D eigenvalue weighted by Crippen LogP contribution is 2.13. The Hall–Kier alpha value is -1.25. The molecular formula is C10H14O3. The fourth-order valence-electron chi connectivity index (χ4n) is 1.15. The third-order valence-corrected chi connectivity index (χ3v) is 1.76. The summed E-state index contributed by atoms with van der Waals surface area (Å²) in [5.41, 5.74) is 1.13. The Bertz CT molecular complexity index is 275. The van der Waals surface area contributed by atoms with Crippen molar-refractivity contribution in [2.24, 2.45) is 0 Å². The number of esters is 1. The van der Waals surface area contributed by atoms with E-state index in [1.807, 2.05) is 6.07 Å². The van der Waals surface area contributed by atoms with E-state index in [4.69, 9.17) is 9.15 Å². The molecule has 0 unspecified atom stereocenters. The number of ether oxygens (including phenoxy) is 1. The second kappa shape index (κ2) is 4.70. The predicted molar refractivity (Wildman–Crippen MR) is 48.2 cm³/mol. The van der Waals surface area contributed by atoms with Crippen molar-refractivity contribution in [3.05, 3.63) is 23.7 Å². The first-order chi connectivity index (χ1) is 6.24. The van der Waals surface area contributed by atoms with Gasteiger partial charge in [-0.25, -0.2) is 0 Å². The van der Waals surface area contributed by atoms with Crippen molar-refractivity contribution in [1.82, 2.24) is 0 Å².